The molecule has 0 aliphatic carbocycles. The van der Waals surface area contributed by atoms with Gasteiger partial charge in [0.2, 0.25) is 5.95 Å². The van der Waals surface area contributed by atoms with E-state index < -0.39 is 17.8 Å². The van der Waals surface area contributed by atoms with Gasteiger partial charge in [0.25, 0.3) is 0 Å². The lowest BCUT2D eigenvalue weighted by molar-refractivity contribution is -0.136. The van der Waals surface area contributed by atoms with Crippen molar-refractivity contribution in [1.29, 1.82) is 0 Å². The number of fused-ring (bicyclic) bond motifs is 1. The number of esters is 1. The van der Waals surface area contributed by atoms with E-state index in [0.717, 1.165) is 0 Å². The first-order valence-electron chi connectivity index (χ1n) is 7.81. The Bertz CT molecular complexity index is 1040. The number of carbonyl (C=O) groups is 2. The number of ether oxygens (including phenoxy) is 1. The highest BCUT2D eigenvalue weighted by Gasteiger charge is 2.39. The largest absolute Gasteiger partial charge is 0.467 e. The number of rotatable bonds is 4. The molecule has 27 heavy (non-hydrogen) atoms. The molecule has 2 aromatic heterocycles. The number of hydrogen-bond donors (Lipinski definition) is 1. The van der Waals surface area contributed by atoms with Crippen LogP contribution in [0.4, 0.5) is 5.95 Å². The van der Waals surface area contributed by atoms with Gasteiger partial charge in [-0.25, -0.2) is 4.79 Å². The molecule has 3 aromatic rings. The van der Waals surface area contributed by atoms with E-state index >= 15 is 0 Å². The fraction of sp³-hybridized carbons (Fsp3) is 0.118. The minimum atomic E-state index is -0.844. The van der Waals surface area contributed by atoms with Crippen molar-refractivity contribution in [2.24, 2.45) is 0 Å². The Balaban J connectivity index is 1.93. The van der Waals surface area contributed by atoms with Crippen LogP contribution in [0.2, 0.25) is 5.02 Å². The molecule has 1 aliphatic rings. The van der Waals surface area contributed by atoms with E-state index in [0.29, 0.717) is 16.3 Å². The number of Topliss-reactive ketones (excluding diaryl/α,β-unsaturated/α-hetero) is 1. The number of furan rings is 1. The zero-order valence-electron chi connectivity index (χ0n) is 13.9. The van der Waals surface area contributed by atoms with Crippen LogP contribution in [0.1, 0.15) is 22.2 Å². The molecule has 1 aromatic carbocycles. The molecule has 4 rings (SSSR count). The van der Waals surface area contributed by atoms with E-state index in [1.807, 2.05) is 0 Å². The summed E-state index contributed by atoms with van der Waals surface area (Å²) >= 11 is 5.91. The second-order valence-electron chi connectivity index (χ2n) is 5.61. The van der Waals surface area contributed by atoms with Gasteiger partial charge >= 0.3 is 5.97 Å². The van der Waals surface area contributed by atoms with Gasteiger partial charge in [-0.1, -0.05) is 16.7 Å². The number of aromatic nitrogens is 4. The van der Waals surface area contributed by atoms with Gasteiger partial charge in [0.15, 0.2) is 5.78 Å². The van der Waals surface area contributed by atoms with Crippen molar-refractivity contribution in [1.82, 2.24) is 20.2 Å². The van der Waals surface area contributed by atoms with Crippen molar-refractivity contribution in [2.75, 3.05) is 12.4 Å². The fourth-order valence-corrected chi connectivity index (χ4v) is 2.98. The number of hydrogen-bond acceptors (Lipinski definition) is 8. The number of ketones is 1. The van der Waals surface area contributed by atoms with E-state index in [4.69, 9.17) is 20.8 Å². The molecule has 1 N–H and O–H groups in total. The van der Waals surface area contributed by atoms with Gasteiger partial charge in [0, 0.05) is 10.6 Å². The first-order valence-corrected chi connectivity index (χ1v) is 8.19. The molecule has 0 unspecified atom stereocenters. The third-order valence-corrected chi connectivity index (χ3v) is 4.32. The summed E-state index contributed by atoms with van der Waals surface area (Å²) in [4.78, 5) is 25.7. The number of nitrogens with one attached hydrogen (secondary N) is 1. The summed E-state index contributed by atoms with van der Waals surface area (Å²) in [7, 11) is 1.22. The second kappa shape index (κ2) is 6.69. The normalized spacial score (nSPS) is 15.9. The maximum Gasteiger partial charge on any atom is 0.355 e. The number of allylic oxidation sites excluding steroid dienone is 1. The minimum absolute atomic E-state index is 0.0545. The molecule has 136 valence electrons. The van der Waals surface area contributed by atoms with Crippen molar-refractivity contribution < 1.29 is 18.7 Å². The molecule has 10 heteroatoms. The minimum Gasteiger partial charge on any atom is -0.467 e. The lowest BCUT2D eigenvalue weighted by atomic mass is 9.92. The van der Waals surface area contributed by atoms with Gasteiger partial charge in [0.05, 0.1) is 18.9 Å². The molecular formula is C17H12ClN5O4. The molecule has 1 aliphatic heterocycles. The highest BCUT2D eigenvalue weighted by atomic mass is 35.5. The van der Waals surface area contributed by atoms with Crippen LogP contribution in [-0.4, -0.2) is 39.1 Å². The molecule has 0 bridgehead atoms. The molecule has 9 nitrogen and oxygen atoms in total. The number of methoxy groups -OCH3 is 1. The predicted molar refractivity (Wildman–Crippen MR) is 93.1 cm³/mol. The maximum absolute atomic E-state index is 13.3. The number of halogens is 1. The number of benzene rings is 1. The van der Waals surface area contributed by atoms with Crippen molar-refractivity contribution >= 4 is 29.3 Å². The number of nitrogens with zero attached hydrogens (tertiary/aromatic N) is 4. The summed E-state index contributed by atoms with van der Waals surface area (Å²) < 4.78 is 11.7. The Morgan fingerprint density at radius 2 is 2.04 bits per heavy atom. The van der Waals surface area contributed by atoms with Gasteiger partial charge in [-0.05, 0) is 46.8 Å². The van der Waals surface area contributed by atoms with Crippen molar-refractivity contribution in [3.05, 3.63) is 70.3 Å². The Kier molecular flexibility index (Phi) is 4.21. The predicted octanol–water partition coefficient (Wildman–Crippen LogP) is 2.24. The molecule has 1 atom stereocenters. The van der Waals surface area contributed by atoms with Gasteiger partial charge in [0.1, 0.15) is 17.5 Å². The molecular weight excluding hydrogens is 374 g/mol. The highest BCUT2D eigenvalue weighted by Crippen LogP contribution is 2.36. The summed E-state index contributed by atoms with van der Waals surface area (Å²) in [5.74, 6) is -0.562. The average Bonchev–Trinajstić information content (AvgIpc) is 3.37. The van der Waals surface area contributed by atoms with Gasteiger partial charge in [-0.15, -0.1) is 0 Å². The smallest absolute Gasteiger partial charge is 0.355 e. The second-order valence-corrected chi connectivity index (χ2v) is 6.04. The SMILES string of the molecule is COC(=O)C1=C(C(=O)c2ccc(Cl)cc2)[C@@H](c2ccco2)n2nnnc2N1. The Labute approximate surface area is 157 Å². The Morgan fingerprint density at radius 3 is 2.70 bits per heavy atom. The maximum atomic E-state index is 13.3. The molecule has 0 saturated carbocycles. The van der Waals surface area contributed by atoms with Crippen LogP contribution in [0.15, 0.2) is 58.3 Å². The molecule has 0 amide bonds. The quantitative estimate of drug-likeness (QED) is 0.537. The van der Waals surface area contributed by atoms with Crippen LogP contribution in [0, 0.1) is 0 Å². The summed E-state index contributed by atoms with van der Waals surface area (Å²) in [5.41, 5.74) is 0.380. The van der Waals surface area contributed by atoms with Crippen LogP contribution in [-0.2, 0) is 9.53 Å². The first-order chi connectivity index (χ1) is 13.1. The summed E-state index contributed by atoms with van der Waals surface area (Å²) in [6.07, 6.45) is 1.46. The van der Waals surface area contributed by atoms with Gasteiger partial charge in [-0.3, -0.25) is 4.79 Å². The highest BCUT2D eigenvalue weighted by molar-refractivity contribution is 6.30. The first kappa shape index (κ1) is 17.0. The third-order valence-electron chi connectivity index (χ3n) is 4.07. The van der Waals surface area contributed by atoms with E-state index in [1.54, 1.807) is 36.4 Å². The van der Waals surface area contributed by atoms with E-state index in [2.05, 4.69) is 20.8 Å². The van der Waals surface area contributed by atoms with Crippen LogP contribution in [0.25, 0.3) is 0 Å². The van der Waals surface area contributed by atoms with Crippen LogP contribution in [0.5, 0.6) is 0 Å². The third kappa shape index (κ3) is 2.87. The molecule has 0 fully saturated rings. The van der Waals surface area contributed by atoms with E-state index in [9.17, 15) is 9.59 Å². The lowest BCUT2D eigenvalue weighted by Gasteiger charge is -2.26. The van der Waals surface area contributed by atoms with E-state index in [-0.39, 0.29) is 17.2 Å². The summed E-state index contributed by atoms with van der Waals surface area (Å²) in [5, 5.41) is 14.6. The number of tetrazole rings is 1. The fourth-order valence-electron chi connectivity index (χ4n) is 2.86. The molecule has 0 radical (unpaired) electrons. The zero-order chi connectivity index (χ0) is 19.0. The molecule has 0 saturated heterocycles. The molecule has 3 heterocycles. The summed E-state index contributed by atoms with van der Waals surface area (Å²) in [6.45, 7) is 0. The zero-order valence-corrected chi connectivity index (χ0v) is 14.7. The van der Waals surface area contributed by atoms with Gasteiger partial charge in [-0.2, -0.15) is 4.68 Å². The Morgan fingerprint density at radius 1 is 1.26 bits per heavy atom. The van der Waals surface area contributed by atoms with Crippen LogP contribution in [0.3, 0.4) is 0 Å². The average molecular weight is 386 g/mol. The Hall–Kier alpha value is -3.46. The summed E-state index contributed by atoms with van der Waals surface area (Å²) in [6, 6.07) is 8.82. The number of carbonyl (C=O) groups excluding carboxylic acids is 2. The van der Waals surface area contributed by atoms with Crippen LogP contribution < -0.4 is 5.32 Å². The van der Waals surface area contributed by atoms with Crippen molar-refractivity contribution in [3.63, 3.8) is 0 Å². The van der Waals surface area contributed by atoms with E-state index in [1.165, 1.54) is 18.1 Å². The standard InChI is InChI=1S/C17H12ClN5O4/c1-26-16(25)13-12(15(24)9-4-6-10(18)7-5-9)14(11-3-2-8-27-11)23-17(19-13)20-21-22-23/h2-8,14H,1H3,(H,19,20,22)/t14-/m1/s1. The van der Waals surface area contributed by atoms with Crippen molar-refractivity contribution in [2.45, 2.75) is 6.04 Å². The monoisotopic (exact) mass is 385 g/mol. The number of anilines is 1. The topological polar surface area (TPSA) is 112 Å². The molecule has 0 spiro atoms. The van der Waals surface area contributed by atoms with Crippen molar-refractivity contribution in [3.8, 4) is 0 Å². The lowest BCUT2D eigenvalue weighted by Crippen LogP contribution is -2.32. The van der Waals surface area contributed by atoms with Crippen LogP contribution >= 0.6 is 11.6 Å². The van der Waals surface area contributed by atoms with Gasteiger partial charge < -0.3 is 14.5 Å².